The molecule has 20 heavy (non-hydrogen) atoms. The Labute approximate surface area is 133 Å². The third-order valence-corrected chi connectivity index (χ3v) is 5.34. The molecule has 0 aliphatic heterocycles. The molecule has 3 nitrogen and oxygen atoms in total. The summed E-state index contributed by atoms with van der Waals surface area (Å²) in [6, 6.07) is 3.35. The molecule has 112 valence electrons. The highest BCUT2D eigenvalue weighted by molar-refractivity contribution is 9.10. The van der Waals surface area contributed by atoms with Gasteiger partial charge in [0.05, 0.1) is 6.10 Å². The molecular formula is C14H18BrClO3S. The van der Waals surface area contributed by atoms with Gasteiger partial charge in [-0.05, 0) is 50.3 Å². The molecular weight excluding hydrogens is 364 g/mol. The van der Waals surface area contributed by atoms with Crippen LogP contribution in [0.4, 0.5) is 0 Å². The molecule has 1 aromatic carbocycles. The Balaban J connectivity index is 2.34. The van der Waals surface area contributed by atoms with Crippen molar-refractivity contribution >= 4 is 35.7 Å². The van der Waals surface area contributed by atoms with Crippen LogP contribution in [0, 0.1) is 6.92 Å². The summed E-state index contributed by atoms with van der Waals surface area (Å²) in [6.45, 7) is 1.84. The number of hydrogen-bond donors (Lipinski definition) is 0. The van der Waals surface area contributed by atoms with E-state index < -0.39 is 9.05 Å². The first kappa shape index (κ1) is 16.1. The van der Waals surface area contributed by atoms with Crippen molar-refractivity contribution in [3.63, 3.8) is 0 Å². The van der Waals surface area contributed by atoms with Crippen molar-refractivity contribution < 1.29 is 13.2 Å². The Morgan fingerprint density at radius 1 is 1.20 bits per heavy atom. The van der Waals surface area contributed by atoms with Gasteiger partial charge in [0.25, 0.3) is 9.05 Å². The van der Waals surface area contributed by atoms with Gasteiger partial charge < -0.3 is 4.74 Å². The van der Waals surface area contributed by atoms with Crippen molar-refractivity contribution in [2.45, 2.75) is 56.4 Å². The number of hydrogen-bond acceptors (Lipinski definition) is 3. The Bertz CT molecular complexity index is 578. The summed E-state index contributed by atoms with van der Waals surface area (Å²) in [5.41, 5.74) is 0.780. The summed E-state index contributed by atoms with van der Waals surface area (Å²) >= 11 is 3.30. The molecule has 0 amide bonds. The van der Waals surface area contributed by atoms with E-state index in [9.17, 15) is 8.42 Å². The summed E-state index contributed by atoms with van der Waals surface area (Å²) in [4.78, 5) is 0.0512. The van der Waals surface area contributed by atoms with Gasteiger partial charge in [-0.1, -0.05) is 28.8 Å². The number of benzene rings is 1. The van der Waals surface area contributed by atoms with E-state index in [1.54, 1.807) is 0 Å². The van der Waals surface area contributed by atoms with Crippen LogP contribution in [0.5, 0.6) is 5.75 Å². The van der Waals surface area contributed by atoms with E-state index in [-0.39, 0.29) is 11.0 Å². The van der Waals surface area contributed by atoms with Gasteiger partial charge in [-0.15, -0.1) is 0 Å². The first-order valence-electron chi connectivity index (χ1n) is 6.79. The lowest BCUT2D eigenvalue weighted by atomic mass is 10.1. The van der Waals surface area contributed by atoms with Crippen LogP contribution >= 0.6 is 26.6 Å². The lowest BCUT2D eigenvalue weighted by Gasteiger charge is -2.20. The van der Waals surface area contributed by atoms with Crippen LogP contribution in [0.15, 0.2) is 21.5 Å². The van der Waals surface area contributed by atoms with Crippen LogP contribution in [0.2, 0.25) is 0 Å². The van der Waals surface area contributed by atoms with Crippen molar-refractivity contribution in [1.82, 2.24) is 0 Å². The first-order chi connectivity index (χ1) is 9.38. The van der Waals surface area contributed by atoms with Crippen molar-refractivity contribution in [3.8, 4) is 5.75 Å². The summed E-state index contributed by atoms with van der Waals surface area (Å²) in [5, 5.41) is 0. The van der Waals surface area contributed by atoms with E-state index in [1.165, 1.54) is 18.9 Å². The molecule has 2 rings (SSSR count). The van der Waals surface area contributed by atoms with Crippen molar-refractivity contribution in [2.75, 3.05) is 0 Å². The Morgan fingerprint density at radius 3 is 2.35 bits per heavy atom. The zero-order chi connectivity index (χ0) is 14.8. The molecule has 1 aliphatic rings. The number of ether oxygens (including phenoxy) is 1. The maximum atomic E-state index is 11.7. The van der Waals surface area contributed by atoms with E-state index >= 15 is 0 Å². The van der Waals surface area contributed by atoms with Gasteiger partial charge in [0.2, 0.25) is 0 Å². The van der Waals surface area contributed by atoms with Crippen LogP contribution in [-0.4, -0.2) is 14.5 Å². The predicted molar refractivity (Wildman–Crippen MR) is 84.0 cm³/mol. The molecule has 0 unspecified atom stereocenters. The molecule has 0 atom stereocenters. The molecule has 0 heterocycles. The third kappa shape index (κ3) is 4.12. The minimum Gasteiger partial charge on any atom is -0.489 e. The minimum atomic E-state index is -3.82. The van der Waals surface area contributed by atoms with Gasteiger partial charge >= 0.3 is 0 Å². The first-order valence-corrected chi connectivity index (χ1v) is 9.89. The SMILES string of the molecule is Cc1cc(Br)cc(S(=O)(=O)Cl)c1OC1CCCCCC1. The zero-order valence-corrected chi connectivity index (χ0v) is 14.5. The number of aryl methyl sites for hydroxylation is 1. The van der Waals surface area contributed by atoms with Crippen molar-refractivity contribution in [1.29, 1.82) is 0 Å². The molecule has 1 fully saturated rings. The van der Waals surface area contributed by atoms with E-state index in [2.05, 4.69) is 15.9 Å². The van der Waals surface area contributed by atoms with Crippen molar-refractivity contribution in [2.24, 2.45) is 0 Å². The van der Waals surface area contributed by atoms with Gasteiger partial charge in [0.15, 0.2) is 0 Å². The molecule has 0 spiro atoms. The topological polar surface area (TPSA) is 43.4 Å². The third-order valence-electron chi connectivity index (χ3n) is 3.55. The predicted octanol–water partition coefficient (Wildman–Crippen LogP) is 4.79. The molecule has 0 radical (unpaired) electrons. The summed E-state index contributed by atoms with van der Waals surface area (Å²) in [6.07, 6.45) is 6.72. The lowest BCUT2D eigenvalue weighted by molar-refractivity contribution is 0.177. The average molecular weight is 382 g/mol. The lowest BCUT2D eigenvalue weighted by Crippen LogP contribution is -2.17. The largest absolute Gasteiger partial charge is 0.489 e. The highest BCUT2D eigenvalue weighted by atomic mass is 79.9. The molecule has 0 N–H and O–H groups in total. The van der Waals surface area contributed by atoms with Crippen LogP contribution in [0.1, 0.15) is 44.1 Å². The van der Waals surface area contributed by atoms with Gasteiger partial charge in [-0.3, -0.25) is 0 Å². The van der Waals surface area contributed by atoms with Crippen LogP contribution in [0.3, 0.4) is 0 Å². The Morgan fingerprint density at radius 2 is 1.80 bits per heavy atom. The molecule has 0 saturated heterocycles. The van der Waals surface area contributed by atoms with Crippen LogP contribution < -0.4 is 4.74 Å². The summed E-state index contributed by atoms with van der Waals surface area (Å²) < 4.78 is 30.1. The number of rotatable bonds is 3. The summed E-state index contributed by atoms with van der Waals surface area (Å²) in [5.74, 6) is 0.398. The van der Waals surface area contributed by atoms with Gasteiger partial charge in [-0.2, -0.15) is 0 Å². The highest BCUT2D eigenvalue weighted by Gasteiger charge is 2.23. The highest BCUT2D eigenvalue weighted by Crippen LogP contribution is 2.35. The standard InChI is InChI=1S/C14H18BrClO3S/c1-10-8-11(15)9-13(20(16,17)18)14(10)19-12-6-4-2-3-5-7-12/h8-9,12H,2-7H2,1H3. The fourth-order valence-electron chi connectivity index (χ4n) is 2.56. The minimum absolute atomic E-state index is 0.0512. The second-order valence-corrected chi connectivity index (χ2v) is 8.67. The molecule has 6 heteroatoms. The smallest absolute Gasteiger partial charge is 0.265 e. The quantitative estimate of drug-likeness (QED) is 0.558. The molecule has 1 saturated carbocycles. The van der Waals surface area contributed by atoms with E-state index in [4.69, 9.17) is 15.4 Å². The maximum absolute atomic E-state index is 11.7. The second kappa shape index (κ2) is 6.67. The Kier molecular flexibility index (Phi) is 5.37. The fourth-order valence-corrected chi connectivity index (χ4v) is 4.32. The second-order valence-electron chi connectivity index (χ2n) is 5.22. The normalized spacial score (nSPS) is 17.8. The van der Waals surface area contributed by atoms with E-state index in [0.717, 1.165) is 31.2 Å². The molecule has 0 bridgehead atoms. The van der Waals surface area contributed by atoms with Crippen LogP contribution in [-0.2, 0) is 9.05 Å². The molecule has 0 aromatic heterocycles. The monoisotopic (exact) mass is 380 g/mol. The Hall–Kier alpha value is -0.260. The average Bonchev–Trinajstić information content (AvgIpc) is 2.59. The van der Waals surface area contributed by atoms with Gasteiger partial charge in [-0.25, -0.2) is 8.42 Å². The fraction of sp³-hybridized carbons (Fsp3) is 0.571. The summed E-state index contributed by atoms with van der Waals surface area (Å²) in [7, 11) is 1.71. The molecule has 1 aromatic rings. The van der Waals surface area contributed by atoms with E-state index in [0.29, 0.717) is 10.2 Å². The number of halogens is 2. The molecule has 1 aliphatic carbocycles. The zero-order valence-electron chi connectivity index (χ0n) is 11.4. The van der Waals surface area contributed by atoms with Gasteiger partial charge in [0, 0.05) is 15.2 Å². The van der Waals surface area contributed by atoms with Crippen molar-refractivity contribution in [3.05, 3.63) is 22.2 Å². The van der Waals surface area contributed by atoms with Crippen LogP contribution in [0.25, 0.3) is 0 Å². The van der Waals surface area contributed by atoms with Gasteiger partial charge in [0.1, 0.15) is 10.6 Å². The maximum Gasteiger partial charge on any atom is 0.265 e. The van der Waals surface area contributed by atoms with E-state index in [1.807, 2.05) is 13.0 Å².